The van der Waals surface area contributed by atoms with Gasteiger partial charge in [0.2, 0.25) is 0 Å². The molecule has 1 rings (SSSR count). The fourth-order valence-corrected chi connectivity index (χ4v) is 3.20. The first kappa shape index (κ1) is 17.3. The number of carbonyl (C=O) groups excluding carboxylic acids is 1. The van der Waals surface area contributed by atoms with Crippen molar-refractivity contribution < 1.29 is 9.90 Å². The Kier molecular flexibility index (Phi) is 7.35. The van der Waals surface area contributed by atoms with E-state index in [4.69, 9.17) is 0 Å². The average molecular weight is 284 g/mol. The van der Waals surface area contributed by atoms with Crippen LogP contribution in [0.4, 0.5) is 4.79 Å². The van der Waals surface area contributed by atoms with Crippen LogP contribution in [0.3, 0.4) is 0 Å². The Hall–Kier alpha value is -0.770. The van der Waals surface area contributed by atoms with Gasteiger partial charge in [-0.2, -0.15) is 0 Å². The maximum Gasteiger partial charge on any atom is 0.315 e. The van der Waals surface area contributed by atoms with Gasteiger partial charge in [-0.15, -0.1) is 0 Å². The molecule has 0 aromatic rings. The standard InChI is InChI=1S/C16H32N2O2/c1-4-16(5-2,10-11-19)12-17-15(20)18-14-9-7-6-8-13(14)3/h13-14,19H,4-12H2,1-3H3,(H2,17,18,20). The third-order valence-electron chi connectivity index (χ3n) is 5.19. The van der Waals surface area contributed by atoms with Crippen molar-refractivity contribution in [3.63, 3.8) is 0 Å². The van der Waals surface area contributed by atoms with E-state index in [0.29, 0.717) is 18.5 Å². The molecule has 1 aliphatic carbocycles. The first-order valence-electron chi connectivity index (χ1n) is 8.22. The minimum atomic E-state index is -0.0482. The van der Waals surface area contributed by atoms with Crippen LogP contribution in [-0.4, -0.2) is 30.3 Å². The van der Waals surface area contributed by atoms with Crippen LogP contribution in [0.5, 0.6) is 0 Å². The van der Waals surface area contributed by atoms with E-state index in [0.717, 1.165) is 25.7 Å². The summed E-state index contributed by atoms with van der Waals surface area (Å²) in [7, 11) is 0. The van der Waals surface area contributed by atoms with Crippen LogP contribution in [0.1, 0.15) is 65.7 Å². The highest BCUT2D eigenvalue weighted by molar-refractivity contribution is 5.74. The van der Waals surface area contributed by atoms with Gasteiger partial charge in [-0.3, -0.25) is 0 Å². The van der Waals surface area contributed by atoms with Crippen LogP contribution in [0.15, 0.2) is 0 Å². The van der Waals surface area contributed by atoms with Gasteiger partial charge < -0.3 is 15.7 Å². The third kappa shape index (κ3) is 4.97. The summed E-state index contributed by atoms with van der Waals surface area (Å²) in [5.74, 6) is 0.578. The summed E-state index contributed by atoms with van der Waals surface area (Å²) in [6, 6.07) is 0.271. The van der Waals surface area contributed by atoms with E-state index in [1.807, 2.05) is 0 Å². The van der Waals surface area contributed by atoms with E-state index in [-0.39, 0.29) is 18.1 Å². The maximum absolute atomic E-state index is 12.1. The average Bonchev–Trinajstić information content (AvgIpc) is 2.46. The van der Waals surface area contributed by atoms with Crippen LogP contribution in [0, 0.1) is 11.3 Å². The number of urea groups is 1. The van der Waals surface area contributed by atoms with Gasteiger partial charge in [0, 0.05) is 19.2 Å². The van der Waals surface area contributed by atoms with Crippen molar-refractivity contribution in [3.05, 3.63) is 0 Å². The fourth-order valence-electron chi connectivity index (χ4n) is 3.20. The molecule has 1 aliphatic rings. The molecule has 0 aromatic heterocycles. The van der Waals surface area contributed by atoms with Gasteiger partial charge in [-0.1, -0.05) is 33.6 Å². The molecule has 1 saturated carbocycles. The lowest BCUT2D eigenvalue weighted by atomic mass is 9.79. The van der Waals surface area contributed by atoms with E-state index >= 15 is 0 Å². The fraction of sp³-hybridized carbons (Fsp3) is 0.938. The molecule has 0 aliphatic heterocycles. The van der Waals surface area contributed by atoms with Crippen LogP contribution in [-0.2, 0) is 0 Å². The number of aliphatic hydroxyl groups is 1. The Balaban J connectivity index is 2.41. The van der Waals surface area contributed by atoms with Gasteiger partial charge >= 0.3 is 6.03 Å². The minimum absolute atomic E-state index is 0.0320. The molecule has 1 fully saturated rings. The lowest BCUT2D eigenvalue weighted by Gasteiger charge is -2.33. The third-order valence-corrected chi connectivity index (χ3v) is 5.19. The first-order valence-corrected chi connectivity index (χ1v) is 8.22. The predicted octanol–water partition coefficient (Wildman–Crippen LogP) is 3.05. The second kappa shape index (κ2) is 8.50. The zero-order valence-corrected chi connectivity index (χ0v) is 13.4. The zero-order valence-electron chi connectivity index (χ0n) is 13.4. The first-order chi connectivity index (χ1) is 9.56. The van der Waals surface area contributed by atoms with Gasteiger partial charge in [-0.25, -0.2) is 4.79 Å². The molecule has 2 atom stereocenters. The molecular weight excluding hydrogens is 252 g/mol. The molecule has 20 heavy (non-hydrogen) atoms. The highest BCUT2D eigenvalue weighted by Gasteiger charge is 2.27. The van der Waals surface area contributed by atoms with Crippen molar-refractivity contribution in [1.29, 1.82) is 0 Å². The van der Waals surface area contributed by atoms with Crippen molar-refractivity contribution in [3.8, 4) is 0 Å². The van der Waals surface area contributed by atoms with E-state index in [1.54, 1.807) is 0 Å². The summed E-state index contributed by atoms with van der Waals surface area (Å²) in [6.07, 6.45) is 7.51. The SMILES string of the molecule is CCC(CC)(CCO)CNC(=O)NC1CCCCC1C. The molecule has 3 N–H and O–H groups in total. The predicted molar refractivity (Wildman–Crippen MR) is 82.7 cm³/mol. The molecule has 0 spiro atoms. The minimum Gasteiger partial charge on any atom is -0.396 e. The normalized spacial score (nSPS) is 23.4. The van der Waals surface area contributed by atoms with Gasteiger partial charge in [0.05, 0.1) is 0 Å². The number of nitrogens with one attached hydrogen (secondary N) is 2. The number of hydrogen-bond donors (Lipinski definition) is 3. The molecule has 2 unspecified atom stereocenters. The molecule has 2 amide bonds. The molecule has 0 radical (unpaired) electrons. The molecule has 0 bridgehead atoms. The molecule has 0 saturated heterocycles. The Labute approximate surface area is 123 Å². The second-order valence-electron chi connectivity index (χ2n) is 6.38. The van der Waals surface area contributed by atoms with Gasteiger partial charge in [0.1, 0.15) is 0 Å². The van der Waals surface area contributed by atoms with E-state index in [1.165, 1.54) is 19.3 Å². The Morgan fingerprint density at radius 3 is 2.45 bits per heavy atom. The quantitative estimate of drug-likeness (QED) is 0.673. The highest BCUT2D eigenvalue weighted by atomic mass is 16.3. The molecular formula is C16H32N2O2. The van der Waals surface area contributed by atoms with E-state index in [2.05, 4.69) is 31.4 Å². The maximum atomic E-state index is 12.1. The number of aliphatic hydroxyl groups excluding tert-OH is 1. The van der Waals surface area contributed by atoms with Gasteiger partial charge in [0.15, 0.2) is 0 Å². The van der Waals surface area contributed by atoms with Crippen LogP contribution >= 0.6 is 0 Å². The highest BCUT2D eigenvalue weighted by Crippen LogP contribution is 2.29. The number of amides is 2. The lowest BCUT2D eigenvalue weighted by Crippen LogP contribution is -2.48. The van der Waals surface area contributed by atoms with Crippen LogP contribution in [0.25, 0.3) is 0 Å². The number of rotatable bonds is 7. The Bertz CT molecular complexity index is 290. The largest absolute Gasteiger partial charge is 0.396 e. The number of hydrogen-bond acceptors (Lipinski definition) is 2. The summed E-state index contributed by atoms with van der Waals surface area (Å²) < 4.78 is 0. The van der Waals surface area contributed by atoms with Gasteiger partial charge in [0.25, 0.3) is 0 Å². The van der Waals surface area contributed by atoms with Crippen molar-refractivity contribution in [2.75, 3.05) is 13.2 Å². The van der Waals surface area contributed by atoms with E-state index in [9.17, 15) is 9.90 Å². The summed E-state index contributed by atoms with van der Waals surface area (Å²) in [5, 5.41) is 15.3. The summed E-state index contributed by atoms with van der Waals surface area (Å²) in [6.45, 7) is 7.31. The summed E-state index contributed by atoms with van der Waals surface area (Å²) in [4.78, 5) is 12.1. The van der Waals surface area contributed by atoms with Crippen LogP contribution < -0.4 is 10.6 Å². The Morgan fingerprint density at radius 1 is 1.25 bits per heavy atom. The molecule has 0 aromatic carbocycles. The topological polar surface area (TPSA) is 61.4 Å². The Morgan fingerprint density at radius 2 is 1.90 bits per heavy atom. The smallest absolute Gasteiger partial charge is 0.315 e. The molecule has 4 heteroatoms. The zero-order chi connectivity index (χ0) is 15.0. The van der Waals surface area contributed by atoms with Crippen molar-refractivity contribution in [1.82, 2.24) is 10.6 Å². The summed E-state index contributed by atoms with van der Waals surface area (Å²) >= 11 is 0. The summed E-state index contributed by atoms with van der Waals surface area (Å²) in [5.41, 5.74) is 0.0320. The van der Waals surface area contributed by atoms with Crippen LogP contribution in [0.2, 0.25) is 0 Å². The van der Waals surface area contributed by atoms with E-state index < -0.39 is 0 Å². The molecule has 4 nitrogen and oxygen atoms in total. The monoisotopic (exact) mass is 284 g/mol. The molecule has 118 valence electrons. The van der Waals surface area contributed by atoms with Crippen molar-refractivity contribution >= 4 is 6.03 Å². The van der Waals surface area contributed by atoms with Crippen molar-refractivity contribution in [2.45, 2.75) is 71.8 Å². The lowest BCUT2D eigenvalue weighted by molar-refractivity contribution is 0.161. The number of carbonyl (C=O) groups is 1. The molecule has 0 heterocycles. The van der Waals surface area contributed by atoms with Crippen molar-refractivity contribution in [2.24, 2.45) is 11.3 Å². The van der Waals surface area contributed by atoms with Gasteiger partial charge in [-0.05, 0) is 43.4 Å². The second-order valence-corrected chi connectivity index (χ2v) is 6.38.